The molecule has 0 amide bonds. The summed E-state index contributed by atoms with van der Waals surface area (Å²) in [6.07, 6.45) is 5.93. The van der Waals surface area contributed by atoms with Gasteiger partial charge in [0.25, 0.3) is 5.92 Å². The highest BCUT2D eigenvalue weighted by Gasteiger charge is 2.65. The van der Waals surface area contributed by atoms with Crippen LogP contribution < -0.4 is 10.2 Å². The monoisotopic (exact) mass is 449 g/mol. The van der Waals surface area contributed by atoms with Gasteiger partial charge in [-0.3, -0.25) is 4.31 Å². The zero-order valence-corrected chi connectivity index (χ0v) is 19.1. The minimum Gasteiger partial charge on any atom is -0.351 e. The smallest absolute Gasteiger partial charge is 0.274 e. The Kier molecular flexibility index (Phi) is 5.22. The second-order valence-corrected chi connectivity index (χ2v) is 10.1. The zero-order chi connectivity index (χ0) is 21.8. The predicted octanol–water partition coefficient (Wildman–Crippen LogP) is 2.87. The minimum atomic E-state index is -2.74. The third kappa shape index (κ3) is 3.72. The number of nitrogens with zero attached hydrogens (tertiary/aromatic N) is 6. The van der Waals surface area contributed by atoms with E-state index in [1.54, 1.807) is 23.0 Å². The topological polar surface area (TPSA) is 60.4 Å². The largest absolute Gasteiger partial charge is 0.351 e. The summed E-state index contributed by atoms with van der Waals surface area (Å²) < 4.78 is 32.3. The van der Waals surface area contributed by atoms with Crippen molar-refractivity contribution < 1.29 is 8.78 Å². The number of piperidine rings is 1. The number of anilines is 2. The van der Waals surface area contributed by atoms with E-state index < -0.39 is 11.3 Å². The van der Waals surface area contributed by atoms with E-state index in [-0.39, 0.29) is 6.54 Å². The van der Waals surface area contributed by atoms with Crippen LogP contribution in [0.4, 0.5) is 20.5 Å². The maximum absolute atomic E-state index is 15.0. The lowest BCUT2D eigenvalue weighted by Crippen LogP contribution is -2.63. The summed E-state index contributed by atoms with van der Waals surface area (Å²) in [6, 6.07) is 2.23. The molecule has 0 aliphatic carbocycles. The van der Waals surface area contributed by atoms with E-state index in [1.165, 1.54) is 0 Å². The molecule has 31 heavy (non-hydrogen) atoms. The van der Waals surface area contributed by atoms with E-state index in [1.807, 2.05) is 24.9 Å². The second-order valence-electron chi connectivity index (χ2n) is 9.26. The Morgan fingerprint density at radius 2 is 1.87 bits per heavy atom. The lowest BCUT2D eigenvalue weighted by molar-refractivity contribution is -0.149. The van der Waals surface area contributed by atoms with E-state index in [4.69, 9.17) is 4.98 Å². The number of aryl methyl sites for hydroxylation is 1. The lowest BCUT2D eigenvalue weighted by atomic mass is 9.76. The maximum Gasteiger partial charge on any atom is 0.274 e. The molecule has 0 atom stereocenters. The third-order valence-corrected chi connectivity index (χ3v) is 7.71. The highest BCUT2D eigenvalue weighted by atomic mass is 32.2. The molecule has 3 aliphatic heterocycles. The fourth-order valence-corrected chi connectivity index (χ4v) is 5.80. The maximum atomic E-state index is 15.0. The van der Waals surface area contributed by atoms with Gasteiger partial charge in [-0.05, 0) is 39.1 Å². The number of likely N-dealkylation sites (tertiary alicyclic amines) is 1. The molecule has 10 heteroatoms. The number of hydrogen-bond donors (Lipinski definition) is 1. The number of pyridine rings is 1. The van der Waals surface area contributed by atoms with Crippen molar-refractivity contribution in [2.75, 3.05) is 62.8 Å². The van der Waals surface area contributed by atoms with Crippen molar-refractivity contribution in [2.24, 2.45) is 5.41 Å². The normalized spacial score (nSPS) is 24.1. The Labute approximate surface area is 185 Å². The number of hydrogen-bond acceptors (Lipinski definition) is 8. The van der Waals surface area contributed by atoms with Gasteiger partial charge in [-0.25, -0.2) is 23.7 Å². The first-order valence-corrected chi connectivity index (χ1v) is 12.0. The Hall–Kier alpha value is -1.78. The molecule has 0 aromatic carbocycles. The summed E-state index contributed by atoms with van der Waals surface area (Å²) in [5, 5.41) is 4.29. The Bertz CT molecular complexity index is 974. The van der Waals surface area contributed by atoms with E-state index >= 15 is 0 Å². The summed E-state index contributed by atoms with van der Waals surface area (Å²) >= 11 is 1.78. The van der Waals surface area contributed by atoms with Crippen molar-refractivity contribution in [1.29, 1.82) is 0 Å². The number of alkyl halides is 2. The van der Waals surface area contributed by atoms with Crippen LogP contribution >= 0.6 is 11.9 Å². The van der Waals surface area contributed by atoms with Gasteiger partial charge in [0.2, 0.25) is 5.95 Å². The Balaban J connectivity index is 1.43. The summed E-state index contributed by atoms with van der Waals surface area (Å²) in [4.78, 5) is 17.6. The summed E-state index contributed by atoms with van der Waals surface area (Å²) in [7, 11) is 1.89. The highest BCUT2D eigenvalue weighted by Crippen LogP contribution is 2.50. The van der Waals surface area contributed by atoms with Crippen molar-refractivity contribution in [1.82, 2.24) is 24.2 Å². The number of halogens is 2. The number of fused-ring (bicyclic) bond motifs is 1. The SMILES string of the molecule is CSN1CCC(Nc2ncc3cc(C)nc(N4CC(F)(F)C5(CN(C)C5)C4)c3n2)CC1. The highest BCUT2D eigenvalue weighted by molar-refractivity contribution is 7.96. The minimum absolute atomic E-state index is 0.301. The van der Waals surface area contributed by atoms with Gasteiger partial charge in [-0.1, -0.05) is 11.9 Å². The van der Waals surface area contributed by atoms with E-state index in [0.29, 0.717) is 43.0 Å². The zero-order valence-electron chi connectivity index (χ0n) is 18.2. The quantitative estimate of drug-likeness (QED) is 0.715. The average Bonchev–Trinajstić information content (AvgIpc) is 2.99. The van der Waals surface area contributed by atoms with Gasteiger partial charge in [0, 0.05) is 56.0 Å². The van der Waals surface area contributed by atoms with E-state index in [9.17, 15) is 8.78 Å². The van der Waals surface area contributed by atoms with Crippen LogP contribution in [-0.2, 0) is 0 Å². The average molecular weight is 450 g/mol. The van der Waals surface area contributed by atoms with Crippen LogP contribution in [0.5, 0.6) is 0 Å². The van der Waals surface area contributed by atoms with Crippen molar-refractivity contribution in [2.45, 2.75) is 31.7 Å². The van der Waals surface area contributed by atoms with Gasteiger partial charge in [-0.2, -0.15) is 0 Å². The van der Waals surface area contributed by atoms with Crippen LogP contribution in [0.2, 0.25) is 0 Å². The molecule has 168 valence electrons. The van der Waals surface area contributed by atoms with Crippen LogP contribution in [-0.4, -0.2) is 88.7 Å². The third-order valence-electron chi connectivity index (χ3n) is 6.82. The van der Waals surface area contributed by atoms with Gasteiger partial charge in [0.1, 0.15) is 5.52 Å². The van der Waals surface area contributed by atoms with Crippen molar-refractivity contribution >= 4 is 34.6 Å². The molecule has 2 aromatic heterocycles. The standard InChI is InChI=1S/C21H29F2N7S/c1-14-8-15-9-24-19(26-16-4-6-30(31-3)7-5-16)27-17(15)18(25-14)29-12-20(10-28(2)11-20)21(22,23)13-29/h8-9,16H,4-7,10-13H2,1-3H3,(H,24,26,27). The van der Waals surface area contributed by atoms with Crippen molar-refractivity contribution in [3.05, 3.63) is 18.0 Å². The van der Waals surface area contributed by atoms with Gasteiger partial charge in [0.15, 0.2) is 5.82 Å². The van der Waals surface area contributed by atoms with Crippen LogP contribution in [0.15, 0.2) is 12.3 Å². The number of aromatic nitrogens is 3. The molecule has 3 fully saturated rings. The van der Waals surface area contributed by atoms with Crippen LogP contribution in [0.25, 0.3) is 10.9 Å². The van der Waals surface area contributed by atoms with Crippen LogP contribution in [0, 0.1) is 12.3 Å². The molecule has 5 rings (SSSR count). The summed E-state index contributed by atoms with van der Waals surface area (Å²) in [5.74, 6) is -1.65. The van der Waals surface area contributed by atoms with Crippen molar-refractivity contribution in [3.8, 4) is 0 Å². The van der Waals surface area contributed by atoms with E-state index in [0.717, 1.165) is 37.0 Å². The molecule has 1 N–H and O–H groups in total. The molecule has 7 nitrogen and oxygen atoms in total. The molecule has 0 bridgehead atoms. The molecule has 3 saturated heterocycles. The first-order chi connectivity index (χ1) is 14.8. The fourth-order valence-electron chi connectivity index (χ4n) is 5.22. The van der Waals surface area contributed by atoms with Crippen LogP contribution in [0.3, 0.4) is 0 Å². The lowest BCUT2D eigenvalue weighted by Gasteiger charge is -2.48. The predicted molar refractivity (Wildman–Crippen MR) is 121 cm³/mol. The van der Waals surface area contributed by atoms with Crippen molar-refractivity contribution in [3.63, 3.8) is 0 Å². The Morgan fingerprint density at radius 1 is 1.13 bits per heavy atom. The second kappa shape index (κ2) is 7.67. The summed E-state index contributed by atoms with van der Waals surface area (Å²) in [6.45, 7) is 4.75. The molecule has 0 unspecified atom stereocenters. The fraction of sp³-hybridized carbons (Fsp3) is 0.667. The Morgan fingerprint density at radius 3 is 2.55 bits per heavy atom. The molecule has 5 heterocycles. The van der Waals surface area contributed by atoms with Gasteiger partial charge in [0.05, 0.1) is 12.0 Å². The molecular formula is C21H29F2N7S. The molecule has 3 aliphatic rings. The molecule has 2 aromatic rings. The molecule has 0 saturated carbocycles. The molecule has 0 radical (unpaired) electrons. The number of nitrogens with one attached hydrogen (secondary N) is 1. The van der Waals surface area contributed by atoms with Gasteiger partial charge in [-0.15, -0.1) is 0 Å². The van der Waals surface area contributed by atoms with E-state index in [2.05, 4.69) is 25.8 Å². The van der Waals surface area contributed by atoms with Crippen LogP contribution in [0.1, 0.15) is 18.5 Å². The van der Waals surface area contributed by atoms with Gasteiger partial charge >= 0.3 is 0 Å². The molecule has 1 spiro atoms. The number of rotatable bonds is 4. The first-order valence-electron chi connectivity index (χ1n) is 10.8. The summed E-state index contributed by atoms with van der Waals surface area (Å²) in [5.41, 5.74) is 0.440. The van der Waals surface area contributed by atoms with Gasteiger partial charge < -0.3 is 15.1 Å². The first kappa shape index (κ1) is 21.1. The molecular weight excluding hydrogens is 420 g/mol.